The first-order valence-electron chi connectivity index (χ1n) is 12.3. The summed E-state index contributed by atoms with van der Waals surface area (Å²) in [4.78, 5) is 11.3. The summed E-state index contributed by atoms with van der Waals surface area (Å²) in [6, 6.07) is 12.1. The fraction of sp³-hybridized carbons (Fsp3) is 0.393. The topological polar surface area (TPSA) is 94.3 Å². The fourth-order valence-corrected chi connectivity index (χ4v) is 5.51. The number of anilines is 3. The number of hydrogen-bond donors (Lipinski definition) is 2. The first kappa shape index (κ1) is 24.4. The van der Waals surface area contributed by atoms with Gasteiger partial charge in [-0.3, -0.25) is 0 Å². The molecule has 2 heterocycles. The maximum atomic E-state index is 9.83. The van der Waals surface area contributed by atoms with Gasteiger partial charge in [-0.1, -0.05) is 25.4 Å². The lowest BCUT2D eigenvalue weighted by molar-refractivity contribution is 0.145. The molecule has 0 atom stereocenters. The molecule has 0 bridgehead atoms. The van der Waals surface area contributed by atoms with E-state index < -0.39 is 0 Å². The lowest BCUT2D eigenvalue weighted by Crippen LogP contribution is -2.35. The second-order valence-electron chi connectivity index (χ2n) is 10.2. The molecule has 36 heavy (non-hydrogen) atoms. The lowest BCUT2D eigenvalue weighted by Gasteiger charge is -2.32. The van der Waals surface area contributed by atoms with Crippen molar-refractivity contribution in [2.24, 2.45) is 0 Å². The van der Waals surface area contributed by atoms with E-state index in [1.807, 2.05) is 24.3 Å². The minimum Gasteiger partial charge on any atom is -0.494 e. The summed E-state index contributed by atoms with van der Waals surface area (Å²) in [5.41, 5.74) is 6.31. The zero-order chi connectivity index (χ0) is 25.4. The summed E-state index contributed by atoms with van der Waals surface area (Å²) >= 11 is 6.66. The summed E-state index contributed by atoms with van der Waals surface area (Å²) in [7, 11) is 1.62. The lowest BCUT2D eigenvalue weighted by atomic mass is 9.84. The average Bonchev–Trinajstić information content (AvgIpc) is 3.19. The molecule has 1 saturated heterocycles. The largest absolute Gasteiger partial charge is 0.494 e. The maximum absolute atomic E-state index is 9.83. The number of nitrogens with one attached hydrogen (secondary N) is 1. The fourth-order valence-electron chi connectivity index (χ4n) is 5.22. The number of hydrogen-bond acceptors (Lipinski definition) is 7. The Balaban J connectivity index is 1.45. The monoisotopic (exact) mass is 503 g/mol. The Morgan fingerprint density at radius 3 is 2.72 bits per heavy atom. The molecule has 2 aromatic carbocycles. The maximum Gasteiger partial charge on any atom is 0.227 e. The minimum atomic E-state index is -0.256. The summed E-state index contributed by atoms with van der Waals surface area (Å²) < 4.78 is 5.65. The number of aliphatic hydroxyl groups excluding tert-OH is 1. The molecule has 1 aliphatic heterocycles. The van der Waals surface area contributed by atoms with E-state index in [1.165, 1.54) is 5.56 Å². The van der Waals surface area contributed by atoms with Gasteiger partial charge in [0.15, 0.2) is 0 Å². The smallest absolute Gasteiger partial charge is 0.227 e. The molecule has 0 unspecified atom stereocenters. The van der Waals surface area contributed by atoms with Crippen LogP contribution in [-0.2, 0) is 11.8 Å². The first-order chi connectivity index (χ1) is 17.3. The number of aliphatic hydroxyl groups is 1. The molecule has 2 N–H and O–H groups in total. The molecule has 5 rings (SSSR count). The van der Waals surface area contributed by atoms with Gasteiger partial charge in [-0.25, -0.2) is 9.97 Å². The molecule has 0 amide bonds. The van der Waals surface area contributed by atoms with Gasteiger partial charge in [0.1, 0.15) is 5.75 Å². The predicted octanol–water partition coefficient (Wildman–Crippen LogP) is 5.61. The molecule has 186 valence electrons. The second-order valence-corrected chi connectivity index (χ2v) is 10.6. The van der Waals surface area contributed by atoms with Crippen molar-refractivity contribution in [3.8, 4) is 23.1 Å². The highest BCUT2D eigenvalue weighted by Crippen LogP contribution is 2.42. The standard InChI is InChI=1S/C28H30ClN5O2/c1-28(2)8-4-20-18(16-30)12-17(13-21(20)28)23-5-9-31-27(32-23)33-24-14-22(29)25(15-26(24)36-3)34-10-6-19(35)7-11-34/h5,9,12-15,19,35H,4,6-8,10-11H2,1-3H3,(H,31,32,33). The van der Waals surface area contributed by atoms with Crippen molar-refractivity contribution < 1.29 is 9.84 Å². The molecule has 0 radical (unpaired) electrons. The van der Waals surface area contributed by atoms with Crippen LogP contribution in [0.15, 0.2) is 36.5 Å². The van der Waals surface area contributed by atoms with Crippen LogP contribution < -0.4 is 15.0 Å². The van der Waals surface area contributed by atoms with Crippen molar-refractivity contribution in [1.82, 2.24) is 9.97 Å². The van der Waals surface area contributed by atoms with Crippen LogP contribution in [0.5, 0.6) is 5.75 Å². The molecule has 1 aromatic heterocycles. The number of halogens is 1. The van der Waals surface area contributed by atoms with Crippen molar-refractivity contribution >= 4 is 28.9 Å². The van der Waals surface area contributed by atoms with Gasteiger partial charge in [-0.2, -0.15) is 5.26 Å². The number of nitriles is 1. The van der Waals surface area contributed by atoms with Gasteiger partial charge in [-0.15, -0.1) is 0 Å². The number of fused-ring (bicyclic) bond motifs is 1. The second kappa shape index (κ2) is 9.61. The van der Waals surface area contributed by atoms with Gasteiger partial charge in [0.2, 0.25) is 5.95 Å². The number of methoxy groups -OCH3 is 1. The van der Waals surface area contributed by atoms with E-state index in [4.69, 9.17) is 21.3 Å². The Hall–Kier alpha value is -3.34. The normalized spacial score (nSPS) is 16.9. The average molecular weight is 504 g/mol. The molecule has 7 nitrogen and oxygen atoms in total. The number of piperidine rings is 1. The van der Waals surface area contributed by atoms with E-state index in [2.05, 4.69) is 41.2 Å². The number of rotatable bonds is 5. The van der Waals surface area contributed by atoms with Crippen LogP contribution in [0.4, 0.5) is 17.3 Å². The van der Waals surface area contributed by atoms with Crippen LogP contribution in [0.1, 0.15) is 49.8 Å². The van der Waals surface area contributed by atoms with E-state index in [-0.39, 0.29) is 11.5 Å². The Labute approximate surface area is 216 Å². The first-order valence-corrected chi connectivity index (χ1v) is 12.7. The summed E-state index contributed by atoms with van der Waals surface area (Å²) in [6.07, 6.45) is 4.84. The van der Waals surface area contributed by atoms with E-state index in [0.29, 0.717) is 35.2 Å². The number of ether oxygens (including phenoxy) is 1. The highest BCUT2D eigenvalue weighted by Gasteiger charge is 2.32. The molecular formula is C28H30ClN5O2. The molecule has 1 fully saturated rings. The zero-order valence-electron chi connectivity index (χ0n) is 20.8. The van der Waals surface area contributed by atoms with Crippen molar-refractivity contribution in [1.29, 1.82) is 5.26 Å². The SMILES string of the molecule is COc1cc(N2CCC(O)CC2)c(Cl)cc1Nc1nccc(-c2cc(C#N)c3c(c2)C(C)(C)CC3)n1. The van der Waals surface area contributed by atoms with Crippen LogP contribution >= 0.6 is 11.6 Å². The van der Waals surface area contributed by atoms with Gasteiger partial charge in [0.25, 0.3) is 0 Å². The van der Waals surface area contributed by atoms with E-state index >= 15 is 0 Å². The molecule has 8 heteroatoms. The number of aromatic nitrogens is 2. The zero-order valence-corrected chi connectivity index (χ0v) is 21.6. The molecule has 0 spiro atoms. The van der Waals surface area contributed by atoms with Crippen LogP contribution in [0.2, 0.25) is 5.02 Å². The molecule has 1 aliphatic carbocycles. The Morgan fingerprint density at radius 1 is 1.22 bits per heavy atom. The van der Waals surface area contributed by atoms with E-state index in [1.54, 1.807) is 13.3 Å². The highest BCUT2D eigenvalue weighted by molar-refractivity contribution is 6.33. The molecule has 3 aromatic rings. The predicted molar refractivity (Wildman–Crippen MR) is 142 cm³/mol. The van der Waals surface area contributed by atoms with Gasteiger partial charge >= 0.3 is 0 Å². The van der Waals surface area contributed by atoms with Crippen LogP contribution in [-0.4, -0.2) is 41.4 Å². The minimum absolute atomic E-state index is 0.0311. The third-order valence-corrected chi connectivity index (χ3v) is 7.67. The summed E-state index contributed by atoms with van der Waals surface area (Å²) in [6.45, 7) is 5.93. The number of benzene rings is 2. The van der Waals surface area contributed by atoms with Gasteiger partial charge in [0.05, 0.1) is 46.9 Å². The van der Waals surface area contributed by atoms with E-state index in [9.17, 15) is 10.4 Å². The quantitative estimate of drug-likeness (QED) is 0.467. The Kier molecular flexibility index (Phi) is 6.50. The number of nitrogens with zero attached hydrogens (tertiary/aromatic N) is 4. The van der Waals surface area contributed by atoms with Crippen LogP contribution in [0.25, 0.3) is 11.3 Å². The van der Waals surface area contributed by atoms with Gasteiger partial charge < -0.3 is 20.1 Å². The van der Waals surface area contributed by atoms with Crippen LogP contribution in [0.3, 0.4) is 0 Å². The summed E-state index contributed by atoms with van der Waals surface area (Å²) in [5.74, 6) is 1.04. The Morgan fingerprint density at radius 2 is 2.00 bits per heavy atom. The molecule has 0 saturated carbocycles. The molecular weight excluding hydrogens is 474 g/mol. The van der Waals surface area contributed by atoms with Gasteiger partial charge in [-0.05, 0) is 66.5 Å². The van der Waals surface area contributed by atoms with Crippen molar-refractivity contribution in [3.05, 3.63) is 58.2 Å². The van der Waals surface area contributed by atoms with E-state index in [0.717, 1.165) is 54.0 Å². The van der Waals surface area contributed by atoms with Crippen molar-refractivity contribution in [2.75, 3.05) is 30.4 Å². The van der Waals surface area contributed by atoms with Crippen molar-refractivity contribution in [3.63, 3.8) is 0 Å². The highest BCUT2D eigenvalue weighted by atomic mass is 35.5. The Bertz CT molecular complexity index is 1340. The third kappa shape index (κ3) is 4.59. The van der Waals surface area contributed by atoms with Gasteiger partial charge in [0, 0.05) is 30.9 Å². The van der Waals surface area contributed by atoms with Crippen molar-refractivity contribution in [2.45, 2.75) is 51.0 Å². The third-order valence-electron chi connectivity index (χ3n) is 7.37. The summed E-state index contributed by atoms with van der Waals surface area (Å²) in [5, 5.41) is 23.4. The molecule has 2 aliphatic rings. The van der Waals surface area contributed by atoms with Crippen LogP contribution in [0, 0.1) is 11.3 Å².